The predicted molar refractivity (Wildman–Crippen MR) is 80.3 cm³/mol. The van der Waals surface area contributed by atoms with Gasteiger partial charge in [0.25, 0.3) is 5.91 Å². The van der Waals surface area contributed by atoms with E-state index in [2.05, 4.69) is 10.6 Å². The van der Waals surface area contributed by atoms with Gasteiger partial charge in [0, 0.05) is 12.7 Å². The molecule has 3 N–H and O–H groups in total. The van der Waals surface area contributed by atoms with Crippen LogP contribution in [0.15, 0.2) is 30.0 Å². The second kappa shape index (κ2) is 8.32. The number of nitriles is 1. The third kappa shape index (κ3) is 5.17. The van der Waals surface area contributed by atoms with E-state index in [4.69, 9.17) is 15.1 Å². The number of carboxylic acid groups (broad SMARTS) is 1. The van der Waals surface area contributed by atoms with Crippen LogP contribution in [-0.4, -0.2) is 30.6 Å². The minimum atomic E-state index is -1.02. The summed E-state index contributed by atoms with van der Waals surface area (Å²) in [4.78, 5) is 22.1. The molecule has 7 nitrogen and oxygen atoms in total. The number of nitrogens with zero attached hydrogens (tertiary/aromatic N) is 1. The largest absolute Gasteiger partial charge is 0.495 e. The third-order valence-corrected chi connectivity index (χ3v) is 2.72. The zero-order valence-electron chi connectivity index (χ0n) is 12.3. The SMILES string of the molecule is COc1ccc(C)cc1N/C=C(/C#N)C(=O)NCCC(=O)O. The van der Waals surface area contributed by atoms with Crippen LogP contribution < -0.4 is 15.4 Å². The Kier molecular flexibility index (Phi) is 6.44. The second-order valence-electron chi connectivity index (χ2n) is 4.42. The van der Waals surface area contributed by atoms with Crippen molar-refractivity contribution in [1.29, 1.82) is 5.26 Å². The summed E-state index contributed by atoms with van der Waals surface area (Å²) in [6.45, 7) is 1.86. The Hall–Kier alpha value is -3.01. The Balaban J connectivity index is 2.77. The van der Waals surface area contributed by atoms with E-state index in [0.717, 1.165) is 5.56 Å². The van der Waals surface area contributed by atoms with Crippen LogP contribution in [0.5, 0.6) is 5.75 Å². The summed E-state index contributed by atoms with van der Waals surface area (Å²) in [7, 11) is 1.52. The molecule has 0 unspecified atom stereocenters. The molecule has 1 amide bonds. The van der Waals surface area contributed by atoms with Gasteiger partial charge in [0.15, 0.2) is 0 Å². The van der Waals surface area contributed by atoms with E-state index in [9.17, 15) is 9.59 Å². The number of benzene rings is 1. The molecule has 1 aromatic rings. The Morgan fingerprint density at radius 1 is 1.45 bits per heavy atom. The lowest BCUT2D eigenvalue weighted by atomic mass is 10.2. The number of carboxylic acids is 1. The average Bonchev–Trinajstić information content (AvgIpc) is 2.47. The number of carbonyl (C=O) groups excluding carboxylic acids is 1. The fourth-order valence-electron chi connectivity index (χ4n) is 1.61. The summed E-state index contributed by atoms with van der Waals surface area (Å²) in [6, 6.07) is 7.21. The first-order chi connectivity index (χ1) is 10.5. The molecule has 7 heteroatoms. The highest BCUT2D eigenvalue weighted by Gasteiger charge is 2.09. The van der Waals surface area contributed by atoms with Gasteiger partial charge >= 0.3 is 5.97 Å². The van der Waals surface area contributed by atoms with Crippen molar-refractivity contribution in [2.45, 2.75) is 13.3 Å². The lowest BCUT2D eigenvalue weighted by Gasteiger charge is -2.09. The maximum absolute atomic E-state index is 11.7. The minimum Gasteiger partial charge on any atom is -0.495 e. The number of hydrogen-bond acceptors (Lipinski definition) is 5. The maximum atomic E-state index is 11.7. The molecule has 0 aliphatic heterocycles. The lowest BCUT2D eigenvalue weighted by molar-refractivity contribution is -0.136. The third-order valence-electron chi connectivity index (χ3n) is 2.72. The fraction of sp³-hybridized carbons (Fsp3) is 0.267. The van der Waals surface area contributed by atoms with Gasteiger partial charge < -0.3 is 20.5 Å². The molecule has 116 valence electrons. The Bertz CT molecular complexity index is 632. The molecule has 1 aromatic carbocycles. The quantitative estimate of drug-likeness (QED) is 0.519. The fourth-order valence-corrected chi connectivity index (χ4v) is 1.61. The number of amides is 1. The molecule has 0 aliphatic rings. The molecule has 0 fully saturated rings. The number of rotatable bonds is 7. The van der Waals surface area contributed by atoms with Gasteiger partial charge in [-0.05, 0) is 24.6 Å². The molecular weight excluding hydrogens is 286 g/mol. The van der Waals surface area contributed by atoms with E-state index in [-0.39, 0.29) is 18.5 Å². The number of nitrogens with one attached hydrogen (secondary N) is 2. The van der Waals surface area contributed by atoms with Gasteiger partial charge in [-0.3, -0.25) is 9.59 Å². The van der Waals surface area contributed by atoms with E-state index in [1.807, 2.05) is 19.1 Å². The molecule has 0 aromatic heterocycles. The number of aryl methyl sites for hydroxylation is 1. The standard InChI is InChI=1S/C15H17N3O4/c1-10-3-4-13(22-2)12(7-10)18-9-11(8-16)15(21)17-6-5-14(19)20/h3-4,7,9,18H,5-6H2,1-2H3,(H,17,21)(H,19,20)/b11-9-. The molecule has 0 spiro atoms. The number of carbonyl (C=O) groups is 2. The van der Waals surface area contributed by atoms with E-state index < -0.39 is 11.9 Å². The van der Waals surface area contributed by atoms with Crippen LogP contribution in [0.25, 0.3) is 0 Å². The lowest BCUT2D eigenvalue weighted by Crippen LogP contribution is -2.27. The highest BCUT2D eigenvalue weighted by molar-refractivity contribution is 5.97. The molecule has 0 aliphatic carbocycles. The maximum Gasteiger partial charge on any atom is 0.305 e. The minimum absolute atomic E-state index is 0.0407. The molecule has 1 rings (SSSR count). The van der Waals surface area contributed by atoms with Gasteiger partial charge in [0.05, 0.1) is 19.2 Å². The van der Waals surface area contributed by atoms with Crippen LogP contribution in [0.2, 0.25) is 0 Å². The first-order valence-corrected chi connectivity index (χ1v) is 6.49. The number of aliphatic carboxylic acids is 1. The van der Waals surface area contributed by atoms with Crippen LogP contribution in [0, 0.1) is 18.3 Å². The van der Waals surface area contributed by atoms with Crippen molar-refractivity contribution in [3.05, 3.63) is 35.5 Å². The Morgan fingerprint density at radius 3 is 2.77 bits per heavy atom. The van der Waals surface area contributed by atoms with Crippen LogP contribution in [-0.2, 0) is 9.59 Å². The Morgan fingerprint density at radius 2 is 2.18 bits per heavy atom. The van der Waals surface area contributed by atoms with E-state index >= 15 is 0 Å². The van der Waals surface area contributed by atoms with E-state index in [1.165, 1.54) is 13.3 Å². The zero-order chi connectivity index (χ0) is 16.5. The number of hydrogen-bond donors (Lipinski definition) is 3. The number of ether oxygens (including phenoxy) is 1. The second-order valence-corrected chi connectivity index (χ2v) is 4.42. The van der Waals surface area contributed by atoms with E-state index in [1.54, 1.807) is 12.1 Å². The monoisotopic (exact) mass is 303 g/mol. The highest BCUT2D eigenvalue weighted by atomic mass is 16.5. The van der Waals surface area contributed by atoms with Gasteiger partial charge in [0.2, 0.25) is 0 Å². The normalized spacial score (nSPS) is 10.5. The average molecular weight is 303 g/mol. The first-order valence-electron chi connectivity index (χ1n) is 6.49. The highest BCUT2D eigenvalue weighted by Crippen LogP contribution is 2.25. The van der Waals surface area contributed by atoms with Crippen molar-refractivity contribution in [3.63, 3.8) is 0 Å². The van der Waals surface area contributed by atoms with Gasteiger partial charge in [-0.15, -0.1) is 0 Å². The zero-order valence-corrected chi connectivity index (χ0v) is 12.3. The summed E-state index contributed by atoms with van der Waals surface area (Å²) >= 11 is 0. The smallest absolute Gasteiger partial charge is 0.305 e. The molecule has 0 heterocycles. The summed E-state index contributed by atoms with van der Waals surface area (Å²) < 4.78 is 5.18. The van der Waals surface area contributed by atoms with Crippen molar-refractivity contribution in [1.82, 2.24) is 5.32 Å². The van der Waals surface area contributed by atoms with Crippen LogP contribution in [0.3, 0.4) is 0 Å². The summed E-state index contributed by atoms with van der Waals surface area (Å²) in [5, 5.41) is 22.7. The topological polar surface area (TPSA) is 111 Å². The molecule has 0 atom stereocenters. The summed E-state index contributed by atoms with van der Waals surface area (Å²) in [5.74, 6) is -1.08. The van der Waals surface area contributed by atoms with Gasteiger partial charge in [-0.2, -0.15) is 5.26 Å². The van der Waals surface area contributed by atoms with Crippen molar-refractivity contribution >= 4 is 17.6 Å². The van der Waals surface area contributed by atoms with Crippen LogP contribution >= 0.6 is 0 Å². The molecule has 22 heavy (non-hydrogen) atoms. The first kappa shape index (κ1) is 17.0. The molecule has 0 saturated carbocycles. The molecular formula is C15H17N3O4. The number of methoxy groups -OCH3 is 1. The van der Waals surface area contributed by atoms with E-state index in [0.29, 0.717) is 11.4 Å². The van der Waals surface area contributed by atoms with Crippen molar-refractivity contribution in [2.24, 2.45) is 0 Å². The number of anilines is 1. The van der Waals surface area contributed by atoms with Crippen molar-refractivity contribution in [2.75, 3.05) is 19.0 Å². The van der Waals surface area contributed by atoms with Crippen molar-refractivity contribution in [3.8, 4) is 11.8 Å². The predicted octanol–water partition coefficient (Wildman–Crippen LogP) is 1.41. The van der Waals surface area contributed by atoms with Crippen LogP contribution in [0.4, 0.5) is 5.69 Å². The van der Waals surface area contributed by atoms with Crippen molar-refractivity contribution < 1.29 is 19.4 Å². The van der Waals surface area contributed by atoms with Gasteiger partial charge in [-0.25, -0.2) is 0 Å². The molecule has 0 radical (unpaired) electrons. The molecule has 0 saturated heterocycles. The van der Waals surface area contributed by atoms with Gasteiger partial charge in [-0.1, -0.05) is 6.07 Å². The Labute approximate surface area is 128 Å². The summed E-state index contributed by atoms with van der Waals surface area (Å²) in [6.07, 6.45) is 1.05. The van der Waals surface area contributed by atoms with Crippen LogP contribution in [0.1, 0.15) is 12.0 Å². The van der Waals surface area contributed by atoms with Gasteiger partial charge in [0.1, 0.15) is 17.4 Å². The summed E-state index contributed by atoms with van der Waals surface area (Å²) in [5.41, 5.74) is 1.45. The molecule has 0 bridgehead atoms.